The molecule has 0 unspecified atom stereocenters. The summed E-state index contributed by atoms with van der Waals surface area (Å²) in [5.41, 5.74) is 1.16. The van der Waals surface area contributed by atoms with Gasteiger partial charge in [0.25, 0.3) is 5.91 Å². The monoisotopic (exact) mass is 269 g/mol. The van der Waals surface area contributed by atoms with Gasteiger partial charge in [-0.3, -0.25) is 10.1 Å². The number of aromatic amines is 1. The van der Waals surface area contributed by atoms with E-state index in [9.17, 15) is 4.79 Å². The normalized spacial score (nSPS) is 10.4. The molecule has 0 bridgehead atoms. The van der Waals surface area contributed by atoms with Crippen LogP contribution in [0, 0.1) is 0 Å². The number of ether oxygens (including phenoxy) is 1. The predicted molar refractivity (Wildman–Crippen MR) is 72.3 cm³/mol. The van der Waals surface area contributed by atoms with Gasteiger partial charge in [0.15, 0.2) is 12.3 Å². The molecule has 7 nitrogen and oxygen atoms in total. The number of amides is 1. The number of benzene rings is 1. The van der Waals surface area contributed by atoms with E-state index in [1.165, 1.54) is 6.33 Å². The van der Waals surface area contributed by atoms with Crippen LogP contribution in [0.5, 0.6) is 5.75 Å². The summed E-state index contributed by atoms with van der Waals surface area (Å²) in [5.74, 6) is 0.654. The van der Waals surface area contributed by atoms with Crippen LogP contribution in [0.15, 0.2) is 42.9 Å². The van der Waals surface area contributed by atoms with Crippen molar-refractivity contribution in [3.05, 3.63) is 42.9 Å². The molecule has 2 aromatic heterocycles. The van der Waals surface area contributed by atoms with Crippen LogP contribution in [-0.2, 0) is 4.79 Å². The van der Waals surface area contributed by atoms with Crippen molar-refractivity contribution < 1.29 is 9.53 Å². The van der Waals surface area contributed by atoms with Gasteiger partial charge in [-0.15, -0.1) is 0 Å². The van der Waals surface area contributed by atoms with Crippen molar-refractivity contribution in [3.63, 3.8) is 0 Å². The smallest absolute Gasteiger partial charge is 0.264 e. The molecular formula is C13H11N5O2. The van der Waals surface area contributed by atoms with Crippen molar-refractivity contribution in [1.82, 2.24) is 19.9 Å². The van der Waals surface area contributed by atoms with Crippen molar-refractivity contribution in [1.29, 1.82) is 0 Å². The fourth-order valence-electron chi connectivity index (χ4n) is 1.65. The van der Waals surface area contributed by atoms with E-state index in [0.717, 1.165) is 0 Å². The van der Waals surface area contributed by atoms with Crippen molar-refractivity contribution in [3.8, 4) is 5.75 Å². The highest BCUT2D eigenvalue weighted by atomic mass is 16.5. The van der Waals surface area contributed by atoms with Crippen LogP contribution >= 0.6 is 0 Å². The Hall–Kier alpha value is -2.96. The first-order chi connectivity index (χ1) is 9.81. The summed E-state index contributed by atoms with van der Waals surface area (Å²) in [6.07, 6.45) is 2.98. The highest BCUT2D eigenvalue weighted by molar-refractivity contribution is 5.91. The molecule has 3 aromatic rings. The maximum atomic E-state index is 11.7. The fourth-order valence-corrected chi connectivity index (χ4v) is 1.65. The number of nitrogens with one attached hydrogen (secondary N) is 2. The number of rotatable bonds is 4. The van der Waals surface area contributed by atoms with E-state index in [-0.39, 0.29) is 12.5 Å². The van der Waals surface area contributed by atoms with Crippen LogP contribution in [0.1, 0.15) is 0 Å². The van der Waals surface area contributed by atoms with Gasteiger partial charge in [0.2, 0.25) is 5.95 Å². The molecule has 1 amide bonds. The van der Waals surface area contributed by atoms with Gasteiger partial charge in [-0.05, 0) is 12.1 Å². The van der Waals surface area contributed by atoms with Gasteiger partial charge in [-0.25, -0.2) is 9.97 Å². The average molecular weight is 269 g/mol. The van der Waals surface area contributed by atoms with Crippen molar-refractivity contribution >= 4 is 23.0 Å². The number of carbonyl (C=O) groups is 1. The van der Waals surface area contributed by atoms with E-state index in [1.54, 1.807) is 18.3 Å². The van der Waals surface area contributed by atoms with Crippen LogP contribution in [0.25, 0.3) is 11.2 Å². The molecule has 20 heavy (non-hydrogen) atoms. The standard InChI is InChI=1S/C13H11N5O2/c19-11(7-20-9-4-2-1-3-5-9)17-13-16-10-6-14-8-15-12(10)18-13/h1-6,8H,7H2,(H2,14,15,16,17,18,19). The maximum absolute atomic E-state index is 11.7. The molecule has 100 valence electrons. The summed E-state index contributed by atoms with van der Waals surface area (Å²) in [6.45, 7) is -0.0905. The van der Waals surface area contributed by atoms with E-state index in [1.807, 2.05) is 18.2 Å². The third kappa shape index (κ3) is 2.72. The Morgan fingerprint density at radius 2 is 2.15 bits per heavy atom. The first kappa shape index (κ1) is 12.1. The molecule has 0 radical (unpaired) electrons. The highest BCUT2D eigenvalue weighted by Crippen LogP contribution is 2.10. The van der Waals surface area contributed by atoms with Crippen LogP contribution in [0.4, 0.5) is 5.95 Å². The van der Waals surface area contributed by atoms with E-state index >= 15 is 0 Å². The molecular weight excluding hydrogens is 258 g/mol. The lowest BCUT2D eigenvalue weighted by atomic mass is 10.3. The highest BCUT2D eigenvalue weighted by Gasteiger charge is 2.08. The van der Waals surface area contributed by atoms with Gasteiger partial charge in [0.05, 0.1) is 6.20 Å². The lowest BCUT2D eigenvalue weighted by molar-refractivity contribution is -0.118. The molecule has 0 aliphatic heterocycles. The number of carbonyl (C=O) groups excluding carboxylic acids is 1. The molecule has 0 saturated carbocycles. The average Bonchev–Trinajstić information content (AvgIpc) is 2.88. The van der Waals surface area contributed by atoms with Crippen molar-refractivity contribution in [2.45, 2.75) is 0 Å². The number of imidazole rings is 1. The van der Waals surface area contributed by atoms with Crippen molar-refractivity contribution in [2.24, 2.45) is 0 Å². The van der Waals surface area contributed by atoms with Crippen LogP contribution in [-0.4, -0.2) is 32.4 Å². The third-order valence-corrected chi connectivity index (χ3v) is 2.53. The predicted octanol–water partition coefficient (Wildman–Crippen LogP) is 1.37. The number of anilines is 1. The molecule has 0 fully saturated rings. The van der Waals surface area contributed by atoms with Crippen LogP contribution in [0.2, 0.25) is 0 Å². The molecule has 2 heterocycles. The number of hydrogen-bond acceptors (Lipinski definition) is 5. The summed E-state index contributed by atoms with van der Waals surface area (Å²) < 4.78 is 5.33. The van der Waals surface area contributed by atoms with E-state index < -0.39 is 0 Å². The molecule has 3 rings (SSSR count). The van der Waals surface area contributed by atoms with Gasteiger partial charge in [-0.2, -0.15) is 4.98 Å². The van der Waals surface area contributed by atoms with Gasteiger partial charge >= 0.3 is 0 Å². The number of H-pyrrole nitrogens is 1. The van der Waals surface area contributed by atoms with Crippen LogP contribution < -0.4 is 10.1 Å². The molecule has 2 N–H and O–H groups in total. The first-order valence-electron chi connectivity index (χ1n) is 5.95. The summed E-state index contributed by atoms with van der Waals surface area (Å²) in [7, 11) is 0. The number of nitrogens with zero attached hydrogens (tertiary/aromatic N) is 3. The SMILES string of the molecule is O=C(COc1ccccc1)Nc1nc2ncncc2[nH]1. The van der Waals surface area contributed by atoms with Gasteiger partial charge in [-0.1, -0.05) is 18.2 Å². The number of hydrogen-bond donors (Lipinski definition) is 2. The lowest BCUT2D eigenvalue weighted by Crippen LogP contribution is -2.20. The Labute approximate surface area is 114 Å². The van der Waals surface area contributed by atoms with Gasteiger partial charge in [0.1, 0.15) is 17.6 Å². The minimum Gasteiger partial charge on any atom is -0.484 e. The first-order valence-corrected chi connectivity index (χ1v) is 5.95. The third-order valence-electron chi connectivity index (χ3n) is 2.53. The zero-order valence-electron chi connectivity index (χ0n) is 10.4. The second kappa shape index (κ2) is 5.35. The second-order valence-corrected chi connectivity index (χ2v) is 4.00. The summed E-state index contributed by atoms with van der Waals surface area (Å²) in [4.78, 5) is 26.6. The largest absolute Gasteiger partial charge is 0.484 e. The Kier molecular flexibility index (Phi) is 3.24. The molecule has 7 heteroatoms. The summed E-state index contributed by atoms with van der Waals surface area (Å²) in [5, 5.41) is 2.60. The fraction of sp³-hybridized carbons (Fsp3) is 0.0769. The zero-order valence-corrected chi connectivity index (χ0v) is 10.4. The van der Waals surface area contributed by atoms with E-state index in [2.05, 4.69) is 25.3 Å². The number of para-hydroxylation sites is 1. The van der Waals surface area contributed by atoms with Gasteiger partial charge < -0.3 is 9.72 Å². The minimum atomic E-state index is -0.305. The number of fused-ring (bicyclic) bond motifs is 1. The Balaban J connectivity index is 1.61. The quantitative estimate of drug-likeness (QED) is 0.746. The molecule has 0 saturated heterocycles. The Morgan fingerprint density at radius 1 is 1.30 bits per heavy atom. The lowest BCUT2D eigenvalue weighted by Gasteiger charge is -2.05. The van der Waals surface area contributed by atoms with E-state index in [4.69, 9.17) is 4.74 Å². The van der Waals surface area contributed by atoms with Crippen molar-refractivity contribution in [2.75, 3.05) is 11.9 Å². The molecule has 1 aromatic carbocycles. The molecule has 0 atom stereocenters. The maximum Gasteiger partial charge on any atom is 0.264 e. The summed E-state index contributed by atoms with van der Waals surface area (Å²) >= 11 is 0. The van der Waals surface area contributed by atoms with Crippen LogP contribution in [0.3, 0.4) is 0 Å². The number of aromatic nitrogens is 4. The molecule has 0 spiro atoms. The zero-order chi connectivity index (χ0) is 13.8. The topological polar surface area (TPSA) is 92.8 Å². The van der Waals surface area contributed by atoms with Gasteiger partial charge in [0, 0.05) is 0 Å². The second-order valence-electron chi connectivity index (χ2n) is 4.00. The molecule has 0 aliphatic carbocycles. The van der Waals surface area contributed by atoms with E-state index in [0.29, 0.717) is 22.9 Å². The Bertz CT molecular complexity index is 693. The summed E-state index contributed by atoms with van der Waals surface area (Å²) in [6, 6.07) is 9.12. The Morgan fingerprint density at radius 3 is 2.95 bits per heavy atom. The minimum absolute atomic E-state index is 0.0905. The molecule has 0 aliphatic rings.